The third-order valence-electron chi connectivity index (χ3n) is 4.07. The molecule has 3 rings (SSSR count). The zero-order chi connectivity index (χ0) is 16.9. The highest BCUT2D eigenvalue weighted by molar-refractivity contribution is 5.92. The molecular weight excluding hydrogens is 306 g/mol. The second kappa shape index (κ2) is 7.49. The number of amides is 1. The molecule has 6 nitrogen and oxygen atoms in total. The number of hydrogen-bond donors (Lipinski definition) is 1. The first-order chi connectivity index (χ1) is 11.7. The third-order valence-corrected chi connectivity index (χ3v) is 4.07. The van der Waals surface area contributed by atoms with Gasteiger partial charge in [0, 0.05) is 37.9 Å². The number of carbonyl (C=O) groups is 1. The molecule has 1 N–H and O–H groups in total. The van der Waals surface area contributed by atoms with Crippen molar-refractivity contribution in [1.82, 2.24) is 15.1 Å². The lowest BCUT2D eigenvalue weighted by Gasteiger charge is -2.08. The van der Waals surface area contributed by atoms with Gasteiger partial charge in [-0.15, -0.1) is 0 Å². The van der Waals surface area contributed by atoms with Gasteiger partial charge in [0.25, 0.3) is 5.91 Å². The molecule has 0 unspecified atom stereocenters. The summed E-state index contributed by atoms with van der Waals surface area (Å²) in [6.45, 7) is 1.21. The summed E-state index contributed by atoms with van der Waals surface area (Å²) in [4.78, 5) is 12.3. The first kappa shape index (κ1) is 16.5. The predicted molar refractivity (Wildman–Crippen MR) is 90.9 cm³/mol. The van der Waals surface area contributed by atoms with Crippen molar-refractivity contribution in [1.29, 1.82) is 0 Å². The Morgan fingerprint density at radius 3 is 2.88 bits per heavy atom. The lowest BCUT2D eigenvalue weighted by molar-refractivity contribution is 0.0943. The van der Waals surface area contributed by atoms with Gasteiger partial charge in [-0.05, 0) is 37.5 Å². The van der Waals surface area contributed by atoms with Gasteiger partial charge in [-0.1, -0.05) is 6.07 Å². The van der Waals surface area contributed by atoms with Crippen LogP contribution in [0.4, 0.5) is 0 Å². The molecule has 128 valence electrons. The Kier molecular flexibility index (Phi) is 5.15. The van der Waals surface area contributed by atoms with Crippen LogP contribution in [0, 0.1) is 0 Å². The normalized spacial score (nSPS) is 13.8. The predicted octanol–water partition coefficient (Wildman–Crippen LogP) is 2.52. The van der Waals surface area contributed by atoms with Crippen LogP contribution in [-0.4, -0.2) is 43.1 Å². The van der Waals surface area contributed by atoms with Crippen molar-refractivity contribution in [3.63, 3.8) is 0 Å². The molecule has 0 aliphatic heterocycles. The first-order valence-electron chi connectivity index (χ1n) is 8.24. The minimum Gasteiger partial charge on any atom is -0.497 e. The number of carbonyl (C=O) groups excluding carboxylic acids is 1. The van der Waals surface area contributed by atoms with E-state index in [0.717, 1.165) is 36.4 Å². The Morgan fingerprint density at radius 2 is 2.17 bits per heavy atom. The Balaban J connectivity index is 1.81. The first-order valence-corrected chi connectivity index (χ1v) is 8.24. The lowest BCUT2D eigenvalue weighted by Crippen LogP contribution is -2.25. The Bertz CT molecular complexity index is 707. The van der Waals surface area contributed by atoms with E-state index >= 15 is 0 Å². The van der Waals surface area contributed by atoms with Crippen LogP contribution in [0.25, 0.3) is 5.69 Å². The summed E-state index contributed by atoms with van der Waals surface area (Å²) in [5.74, 6) is 1.11. The molecule has 1 fully saturated rings. The summed E-state index contributed by atoms with van der Waals surface area (Å²) in [5.41, 5.74) is 2.46. The molecule has 1 aliphatic rings. The number of rotatable bonds is 8. The van der Waals surface area contributed by atoms with E-state index < -0.39 is 0 Å². The van der Waals surface area contributed by atoms with Gasteiger partial charge >= 0.3 is 0 Å². The fourth-order valence-corrected chi connectivity index (χ4v) is 2.63. The van der Waals surface area contributed by atoms with E-state index in [4.69, 9.17) is 9.47 Å². The van der Waals surface area contributed by atoms with E-state index in [1.165, 1.54) is 0 Å². The highest BCUT2D eigenvalue weighted by atomic mass is 16.5. The number of aromatic nitrogens is 2. The molecule has 0 saturated heterocycles. The average Bonchev–Trinajstić information content (AvgIpc) is 3.36. The molecule has 1 aliphatic carbocycles. The summed E-state index contributed by atoms with van der Waals surface area (Å²) < 4.78 is 12.1. The van der Waals surface area contributed by atoms with Crippen molar-refractivity contribution >= 4 is 5.91 Å². The second-order valence-electron chi connectivity index (χ2n) is 5.94. The summed E-state index contributed by atoms with van der Waals surface area (Å²) in [6.07, 6.45) is 3.07. The van der Waals surface area contributed by atoms with Gasteiger partial charge < -0.3 is 14.8 Å². The van der Waals surface area contributed by atoms with Crippen molar-refractivity contribution < 1.29 is 14.3 Å². The molecule has 6 heteroatoms. The zero-order valence-corrected chi connectivity index (χ0v) is 14.1. The summed E-state index contributed by atoms with van der Waals surface area (Å²) >= 11 is 0. The summed E-state index contributed by atoms with van der Waals surface area (Å²) in [5, 5.41) is 7.42. The van der Waals surface area contributed by atoms with Crippen molar-refractivity contribution in [3.8, 4) is 11.4 Å². The van der Waals surface area contributed by atoms with Crippen LogP contribution in [0.3, 0.4) is 0 Å². The number of ether oxygens (including phenoxy) is 2. The van der Waals surface area contributed by atoms with Crippen LogP contribution in [0.5, 0.6) is 5.75 Å². The fourth-order valence-electron chi connectivity index (χ4n) is 2.63. The van der Waals surface area contributed by atoms with Crippen LogP contribution in [0.2, 0.25) is 0 Å². The highest BCUT2D eigenvalue weighted by Crippen LogP contribution is 2.41. The van der Waals surface area contributed by atoms with Crippen LogP contribution >= 0.6 is 0 Å². The molecule has 2 aromatic rings. The SMILES string of the molecule is COCCCNC(=O)c1cc(C2CC2)n(-c2cccc(OC)c2)n1. The van der Waals surface area contributed by atoms with Gasteiger partial charge in [-0.25, -0.2) is 4.68 Å². The molecule has 0 spiro atoms. The number of benzene rings is 1. The van der Waals surface area contributed by atoms with Gasteiger partial charge in [-0.2, -0.15) is 5.10 Å². The van der Waals surface area contributed by atoms with Gasteiger partial charge in [0.15, 0.2) is 5.69 Å². The Labute approximate surface area is 141 Å². The maximum Gasteiger partial charge on any atom is 0.271 e. The van der Waals surface area contributed by atoms with Crippen molar-refractivity contribution in [3.05, 3.63) is 41.7 Å². The van der Waals surface area contributed by atoms with E-state index in [9.17, 15) is 4.79 Å². The minimum absolute atomic E-state index is 0.144. The fraction of sp³-hybridized carbons (Fsp3) is 0.444. The molecule has 1 amide bonds. The smallest absolute Gasteiger partial charge is 0.271 e. The Morgan fingerprint density at radius 1 is 1.33 bits per heavy atom. The molecular formula is C18H23N3O3. The third kappa shape index (κ3) is 3.76. The van der Waals surface area contributed by atoms with Crippen molar-refractivity contribution in [2.75, 3.05) is 27.4 Å². The summed E-state index contributed by atoms with van der Waals surface area (Å²) in [7, 11) is 3.29. The molecule has 0 atom stereocenters. The molecule has 0 radical (unpaired) electrons. The topological polar surface area (TPSA) is 65.4 Å². The average molecular weight is 329 g/mol. The number of methoxy groups -OCH3 is 2. The minimum atomic E-state index is -0.144. The quantitative estimate of drug-likeness (QED) is 0.756. The van der Waals surface area contributed by atoms with Crippen LogP contribution in [0.1, 0.15) is 41.4 Å². The second-order valence-corrected chi connectivity index (χ2v) is 5.94. The van der Waals surface area contributed by atoms with Crippen molar-refractivity contribution in [2.45, 2.75) is 25.2 Å². The summed E-state index contributed by atoms with van der Waals surface area (Å²) in [6, 6.07) is 9.63. The van der Waals surface area contributed by atoms with E-state index in [-0.39, 0.29) is 5.91 Å². The Hall–Kier alpha value is -2.34. The van der Waals surface area contributed by atoms with Crippen LogP contribution in [0.15, 0.2) is 30.3 Å². The van der Waals surface area contributed by atoms with E-state index in [1.807, 2.05) is 35.0 Å². The van der Waals surface area contributed by atoms with E-state index in [0.29, 0.717) is 24.8 Å². The van der Waals surface area contributed by atoms with E-state index in [1.54, 1.807) is 14.2 Å². The number of nitrogens with zero attached hydrogens (tertiary/aromatic N) is 2. The monoisotopic (exact) mass is 329 g/mol. The zero-order valence-electron chi connectivity index (χ0n) is 14.1. The van der Waals surface area contributed by atoms with E-state index in [2.05, 4.69) is 10.4 Å². The standard InChI is InChI=1S/C18H23N3O3/c1-23-10-4-9-19-18(22)16-12-17(13-7-8-13)21(20-16)14-5-3-6-15(11-14)24-2/h3,5-6,11-13H,4,7-10H2,1-2H3,(H,19,22). The number of hydrogen-bond acceptors (Lipinski definition) is 4. The van der Waals surface area contributed by atoms with Crippen LogP contribution < -0.4 is 10.1 Å². The molecule has 1 aromatic carbocycles. The molecule has 1 saturated carbocycles. The van der Waals surface area contributed by atoms with Gasteiger partial charge in [0.05, 0.1) is 12.8 Å². The lowest BCUT2D eigenvalue weighted by atomic mass is 10.2. The maximum absolute atomic E-state index is 12.3. The van der Waals surface area contributed by atoms with Gasteiger partial charge in [-0.3, -0.25) is 4.79 Å². The number of nitrogens with one attached hydrogen (secondary N) is 1. The largest absolute Gasteiger partial charge is 0.497 e. The van der Waals surface area contributed by atoms with Gasteiger partial charge in [0.1, 0.15) is 5.75 Å². The van der Waals surface area contributed by atoms with Crippen molar-refractivity contribution in [2.24, 2.45) is 0 Å². The molecule has 0 bridgehead atoms. The van der Waals surface area contributed by atoms with Gasteiger partial charge in [0.2, 0.25) is 0 Å². The van der Waals surface area contributed by atoms with Crippen LogP contribution in [-0.2, 0) is 4.74 Å². The maximum atomic E-state index is 12.3. The molecule has 1 heterocycles. The molecule has 1 aromatic heterocycles. The molecule has 24 heavy (non-hydrogen) atoms. The highest BCUT2D eigenvalue weighted by Gasteiger charge is 2.29.